The fourth-order valence-corrected chi connectivity index (χ4v) is 2.98. The van der Waals surface area contributed by atoms with Gasteiger partial charge in [0.2, 0.25) is 5.91 Å². The summed E-state index contributed by atoms with van der Waals surface area (Å²) in [5.74, 6) is -0.908. The van der Waals surface area contributed by atoms with Crippen molar-refractivity contribution < 1.29 is 14.4 Å². The fourth-order valence-electron chi connectivity index (χ4n) is 2.81. The summed E-state index contributed by atoms with van der Waals surface area (Å²) in [4.78, 5) is 39.7. The van der Waals surface area contributed by atoms with Gasteiger partial charge in [-0.3, -0.25) is 19.3 Å². The molecule has 2 aromatic rings. The molecule has 1 aliphatic rings. The first kappa shape index (κ1) is 17.2. The summed E-state index contributed by atoms with van der Waals surface area (Å²) in [5.41, 5.74) is 1.65. The van der Waals surface area contributed by atoms with Crippen LogP contribution < -0.4 is 0 Å². The molecule has 2 aromatic carbocycles. The molecule has 1 heterocycles. The molecule has 0 atom stereocenters. The molecular formula is C19H17ClN2O3. The van der Waals surface area contributed by atoms with Gasteiger partial charge in [0.05, 0.1) is 11.1 Å². The van der Waals surface area contributed by atoms with Gasteiger partial charge in [-0.05, 0) is 23.8 Å². The summed E-state index contributed by atoms with van der Waals surface area (Å²) >= 11 is 5.89. The summed E-state index contributed by atoms with van der Waals surface area (Å²) < 4.78 is 0. The Balaban J connectivity index is 1.61. The van der Waals surface area contributed by atoms with E-state index in [1.54, 1.807) is 24.1 Å². The standard InChI is InChI=1S/C19H17ClN2O3/c1-21(12-13-5-3-2-4-6-13)17(23)9-10-22-18(24)15-8-7-14(20)11-16(15)19(22)25/h2-8,11H,9-10,12H2,1H3. The van der Waals surface area contributed by atoms with E-state index < -0.39 is 5.91 Å². The van der Waals surface area contributed by atoms with Crippen molar-refractivity contribution >= 4 is 29.3 Å². The monoisotopic (exact) mass is 356 g/mol. The Bertz CT molecular complexity index is 836. The van der Waals surface area contributed by atoms with E-state index in [1.807, 2.05) is 30.3 Å². The van der Waals surface area contributed by atoms with Crippen molar-refractivity contribution in [1.82, 2.24) is 9.80 Å². The first-order valence-corrected chi connectivity index (χ1v) is 8.29. The van der Waals surface area contributed by atoms with Crippen LogP contribution in [0.15, 0.2) is 48.5 Å². The number of nitrogens with zero attached hydrogens (tertiary/aromatic N) is 2. The van der Waals surface area contributed by atoms with Crippen molar-refractivity contribution in [2.75, 3.05) is 13.6 Å². The van der Waals surface area contributed by atoms with Crippen molar-refractivity contribution in [2.45, 2.75) is 13.0 Å². The number of halogens is 1. The van der Waals surface area contributed by atoms with Gasteiger partial charge in [0.15, 0.2) is 0 Å². The van der Waals surface area contributed by atoms with E-state index in [4.69, 9.17) is 11.6 Å². The number of amides is 3. The summed E-state index contributed by atoms with van der Waals surface area (Å²) in [6.45, 7) is 0.541. The normalized spacial score (nSPS) is 13.1. The maximum absolute atomic E-state index is 12.4. The predicted octanol–water partition coefficient (Wildman–Crippen LogP) is 2.98. The average Bonchev–Trinajstić information content (AvgIpc) is 2.84. The summed E-state index contributed by atoms with van der Waals surface area (Å²) in [5, 5.41) is 0.403. The molecule has 1 aliphatic heterocycles. The molecule has 0 radical (unpaired) electrons. The summed E-state index contributed by atoms with van der Waals surface area (Å²) in [6, 6.07) is 14.2. The molecule has 5 nitrogen and oxygen atoms in total. The third kappa shape index (κ3) is 3.56. The number of hydrogen-bond acceptors (Lipinski definition) is 3. The molecule has 0 fully saturated rings. The highest BCUT2D eigenvalue weighted by Gasteiger charge is 2.35. The number of imide groups is 1. The highest BCUT2D eigenvalue weighted by molar-refractivity contribution is 6.32. The van der Waals surface area contributed by atoms with Gasteiger partial charge in [0.25, 0.3) is 11.8 Å². The molecule has 0 saturated carbocycles. The van der Waals surface area contributed by atoms with Crippen molar-refractivity contribution in [3.05, 3.63) is 70.2 Å². The van der Waals surface area contributed by atoms with Gasteiger partial charge in [0.1, 0.15) is 0 Å². The minimum absolute atomic E-state index is 0.0575. The van der Waals surface area contributed by atoms with E-state index in [9.17, 15) is 14.4 Å². The number of carbonyl (C=O) groups excluding carboxylic acids is 3. The topological polar surface area (TPSA) is 57.7 Å². The quantitative estimate of drug-likeness (QED) is 0.774. The van der Waals surface area contributed by atoms with Crippen LogP contribution in [0.2, 0.25) is 5.02 Å². The molecule has 128 valence electrons. The first-order chi connectivity index (χ1) is 12.0. The highest BCUT2D eigenvalue weighted by Crippen LogP contribution is 2.25. The molecule has 0 aliphatic carbocycles. The zero-order valence-corrected chi connectivity index (χ0v) is 14.5. The molecule has 0 spiro atoms. The summed E-state index contributed by atoms with van der Waals surface area (Å²) in [7, 11) is 1.71. The maximum Gasteiger partial charge on any atom is 0.261 e. The number of benzene rings is 2. The Hall–Kier alpha value is -2.66. The van der Waals surface area contributed by atoms with Crippen molar-refractivity contribution in [2.24, 2.45) is 0 Å². The Morgan fingerprint density at radius 3 is 2.44 bits per heavy atom. The second-order valence-corrected chi connectivity index (χ2v) is 6.37. The van der Waals surface area contributed by atoms with Crippen molar-refractivity contribution in [1.29, 1.82) is 0 Å². The Kier molecular flexibility index (Phi) is 4.86. The number of carbonyl (C=O) groups is 3. The first-order valence-electron chi connectivity index (χ1n) is 7.91. The lowest BCUT2D eigenvalue weighted by molar-refractivity contribution is -0.130. The third-order valence-corrected chi connectivity index (χ3v) is 4.41. The van der Waals surface area contributed by atoms with Crippen molar-refractivity contribution in [3.8, 4) is 0 Å². The molecule has 6 heteroatoms. The summed E-state index contributed by atoms with van der Waals surface area (Å²) in [6.07, 6.45) is 0.0858. The largest absolute Gasteiger partial charge is 0.341 e. The van der Waals surface area contributed by atoms with Crippen LogP contribution in [0, 0.1) is 0 Å². The van der Waals surface area contributed by atoms with Crippen molar-refractivity contribution in [3.63, 3.8) is 0 Å². The second-order valence-electron chi connectivity index (χ2n) is 5.94. The minimum Gasteiger partial charge on any atom is -0.341 e. The number of rotatable bonds is 5. The lowest BCUT2D eigenvalue weighted by atomic mass is 10.1. The van der Waals surface area contributed by atoms with Gasteiger partial charge in [-0.2, -0.15) is 0 Å². The number of hydrogen-bond donors (Lipinski definition) is 0. The van der Waals surface area contributed by atoms with Crippen LogP contribution in [0.5, 0.6) is 0 Å². The zero-order valence-electron chi connectivity index (χ0n) is 13.7. The smallest absolute Gasteiger partial charge is 0.261 e. The van der Waals surface area contributed by atoms with Gasteiger partial charge in [-0.15, -0.1) is 0 Å². The molecule has 3 amide bonds. The Morgan fingerprint density at radius 1 is 1.04 bits per heavy atom. The number of fused-ring (bicyclic) bond motifs is 1. The minimum atomic E-state index is -0.402. The maximum atomic E-state index is 12.4. The average molecular weight is 357 g/mol. The van der Waals surface area contributed by atoms with E-state index in [1.165, 1.54) is 6.07 Å². The molecule has 0 unspecified atom stereocenters. The highest BCUT2D eigenvalue weighted by atomic mass is 35.5. The lowest BCUT2D eigenvalue weighted by Crippen LogP contribution is -2.35. The van der Waals surface area contributed by atoms with Crippen LogP contribution in [0.3, 0.4) is 0 Å². The molecular weight excluding hydrogens is 340 g/mol. The van der Waals surface area contributed by atoms with Gasteiger partial charge in [0, 0.05) is 31.6 Å². The molecule has 3 rings (SSSR count). The van der Waals surface area contributed by atoms with E-state index in [0.29, 0.717) is 22.7 Å². The molecule has 0 bridgehead atoms. The SMILES string of the molecule is CN(Cc1ccccc1)C(=O)CCN1C(=O)c2ccc(Cl)cc2C1=O. The van der Waals surface area contributed by atoms with Gasteiger partial charge in [-0.1, -0.05) is 41.9 Å². The lowest BCUT2D eigenvalue weighted by Gasteiger charge is -2.19. The molecule has 25 heavy (non-hydrogen) atoms. The van der Waals surface area contributed by atoms with Crippen LogP contribution in [0.25, 0.3) is 0 Å². The Morgan fingerprint density at radius 2 is 1.72 bits per heavy atom. The van der Waals surface area contributed by atoms with Gasteiger partial charge >= 0.3 is 0 Å². The van der Waals surface area contributed by atoms with Crippen LogP contribution in [0.4, 0.5) is 0 Å². The van der Waals surface area contributed by atoms with E-state index in [2.05, 4.69) is 0 Å². The van der Waals surface area contributed by atoms with E-state index >= 15 is 0 Å². The third-order valence-electron chi connectivity index (χ3n) is 4.17. The van der Waals surface area contributed by atoms with E-state index in [0.717, 1.165) is 10.5 Å². The molecule has 0 saturated heterocycles. The second kappa shape index (κ2) is 7.07. The van der Waals surface area contributed by atoms with E-state index in [-0.39, 0.29) is 24.8 Å². The van der Waals surface area contributed by atoms with Gasteiger partial charge in [-0.25, -0.2) is 0 Å². The molecule has 0 aromatic heterocycles. The fraction of sp³-hybridized carbons (Fsp3) is 0.211. The van der Waals surface area contributed by atoms with Crippen LogP contribution >= 0.6 is 11.6 Å². The molecule has 0 N–H and O–H groups in total. The van der Waals surface area contributed by atoms with Gasteiger partial charge < -0.3 is 4.90 Å². The van der Waals surface area contributed by atoms with Crippen LogP contribution in [0.1, 0.15) is 32.7 Å². The predicted molar refractivity (Wildman–Crippen MR) is 94.4 cm³/mol. The van der Waals surface area contributed by atoms with Crippen LogP contribution in [-0.2, 0) is 11.3 Å². The zero-order chi connectivity index (χ0) is 18.0. The Labute approximate surface area is 150 Å². The van der Waals surface area contributed by atoms with Crippen LogP contribution in [-0.4, -0.2) is 41.1 Å².